The van der Waals surface area contributed by atoms with Crippen molar-refractivity contribution in [3.63, 3.8) is 0 Å². The standard InChI is InChI=1S/C17H35N3O2S2/c1-7-14(12(2)16(23)13(3)18)20-15(21)10-8-9-11-19-24(22)17(4,5)6/h13-14,19,23H,7-11,18H2,1-6H3,(H,20,21)/b16-12+. The topological polar surface area (TPSA) is 90.2 Å². The zero-order valence-corrected chi connectivity index (χ0v) is 17.7. The van der Waals surface area contributed by atoms with Crippen LogP contribution in [0.1, 0.15) is 67.2 Å². The van der Waals surface area contributed by atoms with E-state index in [0.29, 0.717) is 13.0 Å². The number of rotatable bonds is 10. The van der Waals surface area contributed by atoms with Crippen LogP contribution in [0, 0.1) is 0 Å². The summed E-state index contributed by atoms with van der Waals surface area (Å²) in [5, 5.41) is 3.04. The molecule has 142 valence electrons. The van der Waals surface area contributed by atoms with Gasteiger partial charge in [0, 0.05) is 30.4 Å². The Kier molecular flexibility index (Phi) is 11.3. The fourth-order valence-electron chi connectivity index (χ4n) is 2.11. The van der Waals surface area contributed by atoms with Crippen molar-refractivity contribution in [1.82, 2.24) is 10.0 Å². The fraction of sp³-hybridized carbons (Fsp3) is 0.824. The Labute approximate surface area is 156 Å². The molecular weight excluding hydrogens is 342 g/mol. The van der Waals surface area contributed by atoms with Crippen LogP contribution in [0.4, 0.5) is 0 Å². The molecule has 0 aliphatic rings. The second-order valence-electron chi connectivity index (χ2n) is 7.12. The summed E-state index contributed by atoms with van der Waals surface area (Å²) in [4.78, 5) is 12.9. The molecule has 4 N–H and O–H groups in total. The molecular formula is C17H35N3O2S2. The van der Waals surface area contributed by atoms with Crippen LogP contribution in [0.3, 0.4) is 0 Å². The van der Waals surface area contributed by atoms with Crippen LogP contribution in [0.25, 0.3) is 0 Å². The highest BCUT2D eigenvalue weighted by atomic mass is 32.2. The molecule has 0 aromatic carbocycles. The van der Waals surface area contributed by atoms with E-state index < -0.39 is 11.4 Å². The Morgan fingerprint density at radius 1 is 1.33 bits per heavy atom. The molecule has 0 aliphatic carbocycles. The third kappa shape index (κ3) is 9.32. The highest BCUT2D eigenvalue weighted by molar-refractivity contribution is 7.90. The lowest BCUT2D eigenvalue weighted by Gasteiger charge is -2.23. The van der Waals surface area contributed by atoms with Crippen LogP contribution in [0.2, 0.25) is 0 Å². The van der Waals surface area contributed by atoms with E-state index in [1.807, 2.05) is 41.5 Å². The minimum Gasteiger partial charge on any atom is -0.598 e. The van der Waals surface area contributed by atoms with Crippen molar-refractivity contribution in [2.75, 3.05) is 6.54 Å². The van der Waals surface area contributed by atoms with Crippen LogP contribution in [0.15, 0.2) is 10.5 Å². The van der Waals surface area contributed by atoms with Crippen molar-refractivity contribution in [3.05, 3.63) is 10.5 Å². The first kappa shape index (κ1) is 23.8. The Morgan fingerprint density at radius 2 is 1.92 bits per heavy atom. The maximum atomic E-state index is 12.1. The third-order valence-electron chi connectivity index (χ3n) is 3.72. The Balaban J connectivity index is 4.19. The van der Waals surface area contributed by atoms with Gasteiger partial charge >= 0.3 is 0 Å². The number of nitrogens with one attached hydrogen (secondary N) is 2. The van der Waals surface area contributed by atoms with Crippen molar-refractivity contribution < 1.29 is 9.35 Å². The lowest BCUT2D eigenvalue weighted by molar-refractivity contribution is -0.121. The lowest BCUT2D eigenvalue weighted by Crippen LogP contribution is -2.39. The molecule has 0 heterocycles. The van der Waals surface area contributed by atoms with Crippen LogP contribution < -0.4 is 15.8 Å². The summed E-state index contributed by atoms with van der Waals surface area (Å²) < 4.78 is 14.6. The molecule has 3 unspecified atom stereocenters. The SMILES string of the molecule is CCC(NC(=O)CCCCN[S+]([O-])C(C)(C)C)/C(C)=C(/S)C(C)N. The third-order valence-corrected chi connectivity index (χ3v) is 6.06. The van der Waals surface area contributed by atoms with Gasteiger partial charge in [-0.15, -0.1) is 17.4 Å². The summed E-state index contributed by atoms with van der Waals surface area (Å²) in [5.74, 6) is 0.0314. The number of amides is 1. The maximum Gasteiger partial charge on any atom is 0.220 e. The fourth-order valence-corrected chi connectivity index (χ4v) is 3.03. The van der Waals surface area contributed by atoms with Gasteiger partial charge in [-0.3, -0.25) is 4.79 Å². The normalized spacial score (nSPS) is 17.0. The first-order valence-electron chi connectivity index (χ1n) is 8.60. The summed E-state index contributed by atoms with van der Waals surface area (Å²) in [7, 11) is 0. The van der Waals surface area contributed by atoms with Gasteiger partial charge in [0.1, 0.15) is 4.75 Å². The molecule has 0 bridgehead atoms. The minimum atomic E-state index is -1.06. The molecule has 0 aliphatic heterocycles. The number of hydrogen-bond acceptors (Lipinski definition) is 5. The van der Waals surface area contributed by atoms with Gasteiger partial charge < -0.3 is 15.6 Å². The summed E-state index contributed by atoms with van der Waals surface area (Å²) in [6.07, 6.45) is 2.85. The Morgan fingerprint density at radius 3 is 2.38 bits per heavy atom. The smallest absolute Gasteiger partial charge is 0.220 e. The number of carbonyl (C=O) groups excluding carboxylic acids is 1. The molecule has 0 rings (SSSR count). The van der Waals surface area contributed by atoms with Gasteiger partial charge in [0.25, 0.3) is 0 Å². The molecule has 0 saturated carbocycles. The summed E-state index contributed by atoms with van der Waals surface area (Å²) in [6.45, 7) is 12.3. The largest absolute Gasteiger partial charge is 0.598 e. The Hall–Kier alpha value is -0.210. The van der Waals surface area contributed by atoms with Gasteiger partial charge in [0.05, 0.1) is 6.04 Å². The zero-order valence-electron chi connectivity index (χ0n) is 15.9. The minimum absolute atomic E-state index is 0.0254. The number of nitrogens with two attached hydrogens (primary N) is 1. The average Bonchev–Trinajstić information content (AvgIpc) is 2.49. The molecule has 7 heteroatoms. The highest BCUT2D eigenvalue weighted by Crippen LogP contribution is 2.17. The average molecular weight is 378 g/mol. The lowest BCUT2D eigenvalue weighted by atomic mass is 10.0. The predicted molar refractivity (Wildman–Crippen MR) is 107 cm³/mol. The van der Waals surface area contributed by atoms with Crippen LogP contribution in [0.5, 0.6) is 0 Å². The Bertz CT molecular complexity index is 421. The molecule has 0 saturated heterocycles. The molecule has 3 atom stereocenters. The van der Waals surface area contributed by atoms with Crippen LogP contribution in [-0.4, -0.2) is 33.8 Å². The van der Waals surface area contributed by atoms with E-state index in [0.717, 1.165) is 29.7 Å². The van der Waals surface area contributed by atoms with Gasteiger partial charge in [-0.1, -0.05) is 6.92 Å². The summed E-state index contributed by atoms with van der Waals surface area (Å²) in [5.41, 5.74) is 6.87. The predicted octanol–water partition coefficient (Wildman–Crippen LogP) is 2.65. The molecule has 1 amide bonds. The first-order chi connectivity index (χ1) is 11.0. The van der Waals surface area contributed by atoms with E-state index in [-0.39, 0.29) is 22.7 Å². The van der Waals surface area contributed by atoms with Crippen molar-refractivity contribution >= 4 is 29.9 Å². The molecule has 0 aromatic rings. The van der Waals surface area contributed by atoms with Gasteiger partial charge in [0.15, 0.2) is 0 Å². The van der Waals surface area contributed by atoms with E-state index in [9.17, 15) is 9.35 Å². The van der Waals surface area contributed by atoms with E-state index >= 15 is 0 Å². The van der Waals surface area contributed by atoms with Crippen LogP contribution >= 0.6 is 12.6 Å². The quantitative estimate of drug-likeness (QED) is 0.268. The zero-order chi connectivity index (χ0) is 18.9. The van der Waals surface area contributed by atoms with Gasteiger partial charge in [-0.25, -0.2) is 0 Å². The number of carbonyl (C=O) groups is 1. The summed E-state index contributed by atoms with van der Waals surface area (Å²) in [6, 6.07) is -0.156. The summed E-state index contributed by atoms with van der Waals surface area (Å²) >= 11 is 3.39. The van der Waals surface area contributed by atoms with E-state index in [1.165, 1.54) is 0 Å². The number of unbranched alkanes of at least 4 members (excludes halogenated alkanes) is 1. The second kappa shape index (κ2) is 11.4. The molecule has 5 nitrogen and oxygen atoms in total. The molecule has 0 radical (unpaired) electrons. The van der Waals surface area contributed by atoms with Gasteiger partial charge in [-0.05, 0) is 64.4 Å². The van der Waals surface area contributed by atoms with E-state index in [4.69, 9.17) is 5.73 Å². The number of thiol groups is 1. The number of hydrogen-bond donors (Lipinski definition) is 4. The van der Waals surface area contributed by atoms with Gasteiger partial charge in [0.2, 0.25) is 5.91 Å². The van der Waals surface area contributed by atoms with Crippen LogP contribution in [-0.2, 0) is 16.2 Å². The monoisotopic (exact) mass is 377 g/mol. The van der Waals surface area contributed by atoms with Crippen molar-refractivity contribution in [2.24, 2.45) is 5.73 Å². The van der Waals surface area contributed by atoms with Crippen molar-refractivity contribution in [1.29, 1.82) is 0 Å². The van der Waals surface area contributed by atoms with E-state index in [1.54, 1.807) is 0 Å². The van der Waals surface area contributed by atoms with Crippen molar-refractivity contribution in [3.8, 4) is 0 Å². The maximum absolute atomic E-state index is 12.1. The molecule has 0 aromatic heterocycles. The first-order valence-corrected chi connectivity index (χ1v) is 10.2. The molecule has 0 spiro atoms. The molecule has 24 heavy (non-hydrogen) atoms. The van der Waals surface area contributed by atoms with Crippen molar-refractivity contribution in [2.45, 2.75) is 84.1 Å². The highest BCUT2D eigenvalue weighted by Gasteiger charge is 2.25. The molecule has 0 fully saturated rings. The second-order valence-corrected chi connectivity index (χ2v) is 9.65. The van der Waals surface area contributed by atoms with Gasteiger partial charge in [-0.2, -0.15) is 0 Å². The van der Waals surface area contributed by atoms with E-state index in [2.05, 4.69) is 22.7 Å².